The fourth-order valence-electron chi connectivity index (χ4n) is 1.44. The lowest BCUT2D eigenvalue weighted by atomic mass is 10.3. The first-order valence-electron chi connectivity index (χ1n) is 5.49. The molecule has 1 heterocycles. The molecule has 0 spiro atoms. The van der Waals surface area contributed by atoms with Crippen molar-refractivity contribution >= 4 is 21.2 Å². The average molecular weight is 276 g/mol. The number of hydrogen-bond acceptors (Lipinski definition) is 3. The molecule has 2 N–H and O–H groups in total. The van der Waals surface area contributed by atoms with E-state index in [1.54, 1.807) is 24.3 Å². The molecule has 0 radical (unpaired) electrons. The maximum Gasteiger partial charge on any atom is 0.328 e. The van der Waals surface area contributed by atoms with Gasteiger partial charge in [0.25, 0.3) is 5.16 Å². The number of nitrogens with one attached hydrogen (secondary N) is 1. The predicted molar refractivity (Wildman–Crippen MR) is 72.4 cm³/mol. The van der Waals surface area contributed by atoms with Gasteiger partial charge in [0.1, 0.15) is 0 Å². The standard InChI is InChI=1S/C7H6N2O3S.C6H6/c10-13(11,12)7-8-5-3-1-2-4-6(5)9-7;1-2-4-6-5-3-1/h1-4H,(H,8,9)(H,10,11,12);1-6H. The van der Waals surface area contributed by atoms with Crippen LogP contribution in [0.25, 0.3) is 11.0 Å². The Kier molecular flexibility index (Phi) is 3.94. The van der Waals surface area contributed by atoms with E-state index in [0.29, 0.717) is 11.0 Å². The third kappa shape index (κ3) is 3.64. The lowest BCUT2D eigenvalue weighted by Gasteiger charge is -1.85. The van der Waals surface area contributed by atoms with Crippen LogP contribution in [0.15, 0.2) is 65.8 Å². The number of rotatable bonds is 1. The summed E-state index contributed by atoms with van der Waals surface area (Å²) in [6, 6.07) is 18.8. The van der Waals surface area contributed by atoms with E-state index in [-0.39, 0.29) is 0 Å². The van der Waals surface area contributed by atoms with Gasteiger partial charge in [-0.05, 0) is 12.1 Å². The van der Waals surface area contributed by atoms with E-state index >= 15 is 0 Å². The summed E-state index contributed by atoms with van der Waals surface area (Å²) < 4.78 is 30.0. The molecule has 0 saturated carbocycles. The van der Waals surface area contributed by atoms with Crippen LogP contribution in [0, 0.1) is 0 Å². The molecule has 0 aliphatic carbocycles. The summed E-state index contributed by atoms with van der Waals surface area (Å²) in [5, 5.41) is -0.422. The summed E-state index contributed by atoms with van der Waals surface area (Å²) in [6.45, 7) is 0. The Labute approximate surface area is 110 Å². The van der Waals surface area contributed by atoms with Crippen LogP contribution in [0.3, 0.4) is 0 Å². The van der Waals surface area contributed by atoms with Crippen molar-refractivity contribution in [3.05, 3.63) is 60.7 Å². The van der Waals surface area contributed by atoms with Crippen LogP contribution in [-0.4, -0.2) is 22.9 Å². The lowest BCUT2D eigenvalue weighted by Crippen LogP contribution is -1.99. The van der Waals surface area contributed by atoms with Gasteiger partial charge in [-0.15, -0.1) is 0 Å². The normalized spacial score (nSPS) is 10.8. The van der Waals surface area contributed by atoms with Gasteiger partial charge >= 0.3 is 10.1 Å². The SMILES string of the molecule is O=S(=O)(O)c1nc2ccccc2[nH]1.c1ccccc1. The molecule has 5 nitrogen and oxygen atoms in total. The Morgan fingerprint density at radius 3 is 1.89 bits per heavy atom. The zero-order valence-corrected chi connectivity index (χ0v) is 10.7. The van der Waals surface area contributed by atoms with Crippen molar-refractivity contribution in [2.45, 2.75) is 5.16 Å². The van der Waals surface area contributed by atoms with Gasteiger partial charge in [0.15, 0.2) is 0 Å². The number of H-pyrrole nitrogens is 1. The predicted octanol–water partition coefficient (Wildman–Crippen LogP) is 2.50. The fraction of sp³-hybridized carbons (Fsp3) is 0. The average Bonchev–Trinajstić information content (AvgIpc) is 2.85. The fourth-order valence-corrected chi connectivity index (χ4v) is 1.89. The summed E-state index contributed by atoms with van der Waals surface area (Å²) in [4.78, 5) is 6.18. The van der Waals surface area contributed by atoms with Crippen LogP contribution >= 0.6 is 0 Å². The molecule has 0 bridgehead atoms. The quantitative estimate of drug-likeness (QED) is 0.669. The van der Waals surface area contributed by atoms with E-state index in [4.69, 9.17) is 4.55 Å². The van der Waals surface area contributed by atoms with Gasteiger partial charge in [-0.2, -0.15) is 8.42 Å². The molecular weight excluding hydrogens is 264 g/mol. The molecule has 2 aromatic carbocycles. The van der Waals surface area contributed by atoms with Gasteiger partial charge < -0.3 is 4.98 Å². The van der Waals surface area contributed by atoms with Crippen LogP contribution in [0.5, 0.6) is 0 Å². The van der Waals surface area contributed by atoms with Gasteiger partial charge in [0, 0.05) is 0 Å². The number of imidazole rings is 1. The van der Waals surface area contributed by atoms with Gasteiger partial charge in [0.05, 0.1) is 11.0 Å². The largest absolute Gasteiger partial charge is 0.328 e. The smallest absolute Gasteiger partial charge is 0.327 e. The Morgan fingerprint density at radius 1 is 0.895 bits per heavy atom. The van der Waals surface area contributed by atoms with Crippen molar-refractivity contribution in [3.8, 4) is 0 Å². The molecule has 0 fully saturated rings. The first kappa shape index (κ1) is 13.3. The molecular formula is C13H12N2O3S. The Balaban J connectivity index is 0.000000186. The van der Waals surface area contributed by atoms with Crippen LogP contribution < -0.4 is 0 Å². The van der Waals surface area contributed by atoms with Crippen molar-refractivity contribution < 1.29 is 13.0 Å². The van der Waals surface area contributed by atoms with Crippen LogP contribution in [0.2, 0.25) is 0 Å². The highest BCUT2D eigenvalue weighted by atomic mass is 32.2. The third-order valence-electron chi connectivity index (χ3n) is 2.28. The van der Waals surface area contributed by atoms with E-state index in [1.807, 2.05) is 36.4 Å². The van der Waals surface area contributed by atoms with Gasteiger partial charge in [-0.3, -0.25) is 4.55 Å². The second-order valence-electron chi connectivity index (χ2n) is 3.69. The molecule has 3 rings (SSSR count). The highest BCUT2D eigenvalue weighted by Crippen LogP contribution is 2.12. The molecule has 98 valence electrons. The molecule has 3 aromatic rings. The van der Waals surface area contributed by atoms with E-state index < -0.39 is 15.3 Å². The molecule has 1 aromatic heterocycles. The minimum atomic E-state index is -4.23. The van der Waals surface area contributed by atoms with Crippen LogP contribution in [-0.2, 0) is 10.1 Å². The number of benzene rings is 2. The van der Waals surface area contributed by atoms with Crippen molar-refractivity contribution in [3.63, 3.8) is 0 Å². The first-order valence-corrected chi connectivity index (χ1v) is 6.93. The molecule has 19 heavy (non-hydrogen) atoms. The van der Waals surface area contributed by atoms with E-state index in [1.165, 1.54) is 0 Å². The van der Waals surface area contributed by atoms with Gasteiger partial charge in [0.2, 0.25) is 0 Å². The summed E-state index contributed by atoms with van der Waals surface area (Å²) in [5.74, 6) is 0. The zero-order chi connectivity index (χ0) is 13.7. The third-order valence-corrected chi connectivity index (χ3v) is 2.96. The zero-order valence-electron chi connectivity index (χ0n) is 9.89. The maximum atomic E-state index is 10.7. The highest BCUT2D eigenvalue weighted by molar-refractivity contribution is 7.85. The summed E-state index contributed by atoms with van der Waals surface area (Å²) in [6.07, 6.45) is 0. The second kappa shape index (κ2) is 5.64. The van der Waals surface area contributed by atoms with Gasteiger partial charge in [-0.1, -0.05) is 48.5 Å². The first-order chi connectivity index (χ1) is 9.07. The Hall–Kier alpha value is -2.18. The minimum Gasteiger partial charge on any atom is -0.327 e. The van der Waals surface area contributed by atoms with Crippen LogP contribution in [0.4, 0.5) is 0 Å². The van der Waals surface area contributed by atoms with E-state index in [9.17, 15) is 8.42 Å². The number of para-hydroxylation sites is 2. The van der Waals surface area contributed by atoms with Crippen molar-refractivity contribution in [2.75, 3.05) is 0 Å². The molecule has 0 atom stereocenters. The highest BCUT2D eigenvalue weighted by Gasteiger charge is 2.14. The number of aromatic amines is 1. The van der Waals surface area contributed by atoms with Crippen LogP contribution in [0.1, 0.15) is 0 Å². The van der Waals surface area contributed by atoms with Crippen molar-refractivity contribution in [1.82, 2.24) is 9.97 Å². The number of nitrogens with zero attached hydrogens (tertiary/aromatic N) is 1. The topological polar surface area (TPSA) is 83.1 Å². The van der Waals surface area contributed by atoms with E-state index in [2.05, 4.69) is 9.97 Å². The number of fused-ring (bicyclic) bond motifs is 1. The maximum absolute atomic E-state index is 10.7. The monoisotopic (exact) mass is 276 g/mol. The molecule has 0 aliphatic heterocycles. The summed E-state index contributed by atoms with van der Waals surface area (Å²) >= 11 is 0. The van der Waals surface area contributed by atoms with E-state index in [0.717, 1.165) is 0 Å². The Morgan fingerprint density at radius 2 is 1.42 bits per heavy atom. The molecule has 0 amide bonds. The molecule has 0 saturated heterocycles. The van der Waals surface area contributed by atoms with Gasteiger partial charge in [-0.25, -0.2) is 4.98 Å². The minimum absolute atomic E-state index is 0.422. The number of aromatic nitrogens is 2. The molecule has 0 unspecified atom stereocenters. The number of hydrogen-bond donors (Lipinski definition) is 2. The second-order valence-corrected chi connectivity index (χ2v) is 5.03. The molecule has 6 heteroatoms. The summed E-state index contributed by atoms with van der Waals surface area (Å²) in [5.41, 5.74) is 1.09. The molecule has 0 aliphatic rings. The lowest BCUT2D eigenvalue weighted by molar-refractivity contribution is 0.476. The van der Waals surface area contributed by atoms with Crippen molar-refractivity contribution in [2.24, 2.45) is 0 Å². The Bertz CT molecular complexity index is 692. The summed E-state index contributed by atoms with van der Waals surface area (Å²) in [7, 11) is -4.23. The van der Waals surface area contributed by atoms with Crippen molar-refractivity contribution in [1.29, 1.82) is 0 Å².